The van der Waals surface area contributed by atoms with Gasteiger partial charge in [-0.1, -0.05) is 18.2 Å². The maximum absolute atomic E-state index is 11.6. The average molecular weight is 242 g/mol. The summed E-state index contributed by atoms with van der Waals surface area (Å²) in [5.41, 5.74) is 0.943. The molecule has 0 saturated heterocycles. The molecule has 0 radical (unpaired) electrons. The van der Waals surface area contributed by atoms with E-state index < -0.39 is 0 Å². The molecule has 3 nitrogen and oxygen atoms in total. The molecule has 1 heterocycles. The summed E-state index contributed by atoms with van der Waals surface area (Å²) >= 11 is 0. The highest BCUT2D eigenvalue weighted by atomic mass is 16.5. The summed E-state index contributed by atoms with van der Waals surface area (Å²) in [4.78, 5) is 11.6. The van der Waals surface area contributed by atoms with Crippen molar-refractivity contribution in [3.8, 4) is 5.75 Å². The van der Waals surface area contributed by atoms with Gasteiger partial charge >= 0.3 is 0 Å². The SMILES string of the molecule is CCOc1ccc(C=CC(=O)c2ccco2)cc1. The van der Waals surface area contributed by atoms with Crippen molar-refractivity contribution in [2.24, 2.45) is 0 Å². The molecule has 92 valence electrons. The van der Waals surface area contributed by atoms with Crippen molar-refractivity contribution in [3.05, 3.63) is 60.1 Å². The molecule has 0 N–H and O–H groups in total. The van der Waals surface area contributed by atoms with Crippen molar-refractivity contribution in [2.45, 2.75) is 6.92 Å². The van der Waals surface area contributed by atoms with Crippen LogP contribution in [0.4, 0.5) is 0 Å². The third-order valence-electron chi connectivity index (χ3n) is 2.38. The molecule has 1 aromatic carbocycles. The Bertz CT molecular complexity index is 521. The van der Waals surface area contributed by atoms with E-state index in [4.69, 9.17) is 9.15 Å². The molecule has 3 heteroatoms. The molecule has 0 bridgehead atoms. The molecule has 2 aromatic rings. The van der Waals surface area contributed by atoms with E-state index in [9.17, 15) is 4.79 Å². The predicted molar refractivity (Wildman–Crippen MR) is 69.7 cm³/mol. The molecule has 1 aromatic heterocycles. The van der Waals surface area contributed by atoms with Crippen LogP contribution >= 0.6 is 0 Å². The van der Waals surface area contributed by atoms with E-state index in [-0.39, 0.29) is 5.78 Å². The summed E-state index contributed by atoms with van der Waals surface area (Å²) < 4.78 is 10.4. The minimum atomic E-state index is -0.145. The number of carbonyl (C=O) groups excluding carboxylic acids is 1. The molecule has 0 aliphatic rings. The summed E-state index contributed by atoms with van der Waals surface area (Å²) in [6, 6.07) is 10.9. The predicted octanol–water partition coefficient (Wildman–Crippen LogP) is 3.57. The topological polar surface area (TPSA) is 39.4 Å². The lowest BCUT2D eigenvalue weighted by Crippen LogP contribution is -1.91. The molecular formula is C15H14O3. The van der Waals surface area contributed by atoms with E-state index in [0.717, 1.165) is 11.3 Å². The highest BCUT2D eigenvalue weighted by Crippen LogP contribution is 2.13. The highest BCUT2D eigenvalue weighted by Gasteiger charge is 2.03. The molecule has 2 rings (SSSR count). The van der Waals surface area contributed by atoms with Crippen molar-refractivity contribution < 1.29 is 13.9 Å². The Hall–Kier alpha value is -2.29. The smallest absolute Gasteiger partial charge is 0.221 e. The summed E-state index contributed by atoms with van der Waals surface area (Å²) in [5, 5.41) is 0. The van der Waals surface area contributed by atoms with Crippen LogP contribution in [0.3, 0.4) is 0 Å². The number of ketones is 1. The van der Waals surface area contributed by atoms with Gasteiger partial charge in [-0.3, -0.25) is 4.79 Å². The quantitative estimate of drug-likeness (QED) is 0.594. The van der Waals surface area contributed by atoms with E-state index >= 15 is 0 Å². The zero-order valence-corrected chi connectivity index (χ0v) is 10.1. The molecule has 0 spiro atoms. The molecule has 0 atom stereocenters. The van der Waals surface area contributed by atoms with Crippen LogP contribution in [-0.4, -0.2) is 12.4 Å². The number of ether oxygens (including phenoxy) is 1. The third-order valence-corrected chi connectivity index (χ3v) is 2.38. The lowest BCUT2D eigenvalue weighted by molar-refractivity contribution is 0.102. The van der Waals surface area contributed by atoms with E-state index in [1.165, 1.54) is 12.3 Å². The van der Waals surface area contributed by atoms with Gasteiger partial charge < -0.3 is 9.15 Å². The Morgan fingerprint density at radius 3 is 2.67 bits per heavy atom. The zero-order valence-electron chi connectivity index (χ0n) is 10.1. The lowest BCUT2D eigenvalue weighted by atomic mass is 10.2. The fourth-order valence-electron chi connectivity index (χ4n) is 1.51. The minimum Gasteiger partial charge on any atom is -0.494 e. The number of rotatable bonds is 5. The van der Waals surface area contributed by atoms with Crippen LogP contribution < -0.4 is 4.74 Å². The molecule has 0 unspecified atom stereocenters. The van der Waals surface area contributed by atoms with Gasteiger partial charge in [-0.25, -0.2) is 0 Å². The Labute approximate surface area is 106 Å². The van der Waals surface area contributed by atoms with Crippen LogP contribution in [0.15, 0.2) is 53.2 Å². The first kappa shape index (κ1) is 12.2. The van der Waals surface area contributed by atoms with Crippen LogP contribution in [0.25, 0.3) is 6.08 Å². The van der Waals surface area contributed by atoms with Crippen molar-refractivity contribution >= 4 is 11.9 Å². The molecule has 0 fully saturated rings. The Morgan fingerprint density at radius 2 is 2.06 bits per heavy atom. The van der Waals surface area contributed by atoms with E-state index in [2.05, 4.69) is 0 Å². The van der Waals surface area contributed by atoms with Gasteiger partial charge in [0.15, 0.2) is 5.76 Å². The van der Waals surface area contributed by atoms with Crippen molar-refractivity contribution in [3.63, 3.8) is 0 Å². The van der Waals surface area contributed by atoms with Crippen LogP contribution in [0.1, 0.15) is 23.0 Å². The second-order valence-electron chi connectivity index (χ2n) is 3.68. The number of allylic oxidation sites excluding steroid dienone is 1. The summed E-state index contributed by atoms with van der Waals surface area (Å²) in [5.74, 6) is 1.03. The average Bonchev–Trinajstić information content (AvgIpc) is 2.92. The molecule has 0 amide bonds. The Balaban J connectivity index is 2.02. The van der Waals surface area contributed by atoms with Gasteiger partial charge in [0.25, 0.3) is 0 Å². The second-order valence-corrected chi connectivity index (χ2v) is 3.68. The molecule has 0 saturated carbocycles. The van der Waals surface area contributed by atoms with Gasteiger partial charge in [0.2, 0.25) is 5.78 Å². The van der Waals surface area contributed by atoms with Gasteiger partial charge in [0.05, 0.1) is 12.9 Å². The number of carbonyl (C=O) groups is 1. The molecular weight excluding hydrogens is 228 g/mol. The fraction of sp³-hybridized carbons (Fsp3) is 0.133. The summed E-state index contributed by atoms with van der Waals surface area (Å²) in [7, 11) is 0. The van der Waals surface area contributed by atoms with E-state index in [0.29, 0.717) is 12.4 Å². The van der Waals surface area contributed by atoms with Gasteiger partial charge in [-0.05, 0) is 42.8 Å². The van der Waals surface area contributed by atoms with Gasteiger partial charge in [0.1, 0.15) is 5.75 Å². The van der Waals surface area contributed by atoms with Crippen LogP contribution in [0.5, 0.6) is 5.75 Å². The molecule has 0 aliphatic carbocycles. The van der Waals surface area contributed by atoms with Crippen molar-refractivity contribution in [1.29, 1.82) is 0 Å². The first-order chi connectivity index (χ1) is 8.79. The van der Waals surface area contributed by atoms with Crippen molar-refractivity contribution in [1.82, 2.24) is 0 Å². The largest absolute Gasteiger partial charge is 0.494 e. The molecule has 18 heavy (non-hydrogen) atoms. The monoisotopic (exact) mass is 242 g/mol. The zero-order chi connectivity index (χ0) is 12.8. The first-order valence-corrected chi connectivity index (χ1v) is 5.78. The number of benzene rings is 1. The minimum absolute atomic E-state index is 0.145. The number of furan rings is 1. The van der Waals surface area contributed by atoms with Crippen LogP contribution in [-0.2, 0) is 0 Å². The third kappa shape index (κ3) is 3.10. The Morgan fingerprint density at radius 1 is 1.28 bits per heavy atom. The van der Waals surface area contributed by atoms with Crippen LogP contribution in [0.2, 0.25) is 0 Å². The summed E-state index contributed by atoms with van der Waals surface area (Å²) in [6.07, 6.45) is 4.73. The van der Waals surface area contributed by atoms with Gasteiger partial charge in [0, 0.05) is 0 Å². The number of hydrogen-bond acceptors (Lipinski definition) is 3. The van der Waals surface area contributed by atoms with Crippen molar-refractivity contribution in [2.75, 3.05) is 6.61 Å². The fourth-order valence-corrected chi connectivity index (χ4v) is 1.51. The standard InChI is InChI=1S/C15H14O3/c1-2-17-13-8-5-12(6-9-13)7-10-14(16)15-4-3-11-18-15/h3-11H,2H2,1H3. The van der Waals surface area contributed by atoms with Crippen LogP contribution in [0, 0.1) is 0 Å². The summed E-state index contributed by atoms with van der Waals surface area (Å²) in [6.45, 7) is 2.59. The normalized spacial score (nSPS) is 10.7. The van der Waals surface area contributed by atoms with Gasteiger partial charge in [-0.2, -0.15) is 0 Å². The van der Waals surface area contributed by atoms with E-state index in [1.54, 1.807) is 18.2 Å². The highest BCUT2D eigenvalue weighted by molar-refractivity contribution is 6.04. The first-order valence-electron chi connectivity index (χ1n) is 5.78. The maximum atomic E-state index is 11.6. The molecule has 0 aliphatic heterocycles. The lowest BCUT2D eigenvalue weighted by Gasteiger charge is -2.01. The van der Waals surface area contributed by atoms with Gasteiger partial charge in [-0.15, -0.1) is 0 Å². The van der Waals surface area contributed by atoms with E-state index in [1.807, 2.05) is 31.2 Å². The second kappa shape index (κ2) is 5.87. The maximum Gasteiger partial charge on any atom is 0.221 e. The number of hydrogen-bond donors (Lipinski definition) is 0. The Kier molecular flexibility index (Phi) is 3.97.